The number of furan rings is 1. The highest BCUT2D eigenvalue weighted by molar-refractivity contribution is 7.14. The molecular formula is C15H16N2OS. The third-order valence-corrected chi connectivity index (χ3v) is 3.94. The fourth-order valence-corrected chi connectivity index (χ4v) is 2.69. The molecule has 1 aromatic carbocycles. The molecule has 0 aliphatic carbocycles. The molecule has 3 nitrogen and oxygen atoms in total. The van der Waals surface area contributed by atoms with Gasteiger partial charge in [0, 0.05) is 16.8 Å². The largest absolute Gasteiger partial charge is 0.454 e. The number of rotatable bonds is 4. The highest BCUT2D eigenvalue weighted by atomic mass is 32.1. The van der Waals surface area contributed by atoms with Crippen LogP contribution in [0.15, 0.2) is 40.1 Å². The van der Waals surface area contributed by atoms with E-state index in [1.165, 1.54) is 0 Å². The fourth-order valence-electron chi connectivity index (χ4n) is 1.87. The van der Waals surface area contributed by atoms with Crippen molar-refractivity contribution in [1.82, 2.24) is 4.98 Å². The highest BCUT2D eigenvalue weighted by Gasteiger charge is 2.10. The van der Waals surface area contributed by atoms with Crippen molar-refractivity contribution in [2.75, 3.05) is 5.32 Å². The Morgan fingerprint density at radius 1 is 1.37 bits per heavy atom. The number of benzene rings is 1. The molecule has 0 amide bonds. The first kappa shape index (κ1) is 12.2. The summed E-state index contributed by atoms with van der Waals surface area (Å²) in [5, 5.41) is 7.47. The highest BCUT2D eigenvalue weighted by Crippen LogP contribution is 2.30. The van der Waals surface area contributed by atoms with Gasteiger partial charge in [-0.25, -0.2) is 4.98 Å². The van der Waals surface area contributed by atoms with Gasteiger partial charge in [0.2, 0.25) is 0 Å². The molecule has 0 aliphatic rings. The molecule has 1 atom stereocenters. The van der Waals surface area contributed by atoms with E-state index in [1.54, 1.807) is 11.3 Å². The van der Waals surface area contributed by atoms with E-state index in [0.717, 1.165) is 34.0 Å². The predicted octanol–water partition coefficient (Wildman–Crippen LogP) is 4.77. The Labute approximate surface area is 116 Å². The third-order valence-electron chi connectivity index (χ3n) is 3.16. The number of aromatic nitrogens is 1. The average Bonchev–Trinajstić information content (AvgIpc) is 3.04. The summed E-state index contributed by atoms with van der Waals surface area (Å²) in [6.45, 7) is 4.31. The topological polar surface area (TPSA) is 38.1 Å². The van der Waals surface area contributed by atoms with Gasteiger partial charge < -0.3 is 9.73 Å². The molecule has 4 heteroatoms. The van der Waals surface area contributed by atoms with E-state index < -0.39 is 0 Å². The number of nitrogens with one attached hydrogen (secondary N) is 1. The van der Waals surface area contributed by atoms with Crippen molar-refractivity contribution >= 4 is 27.4 Å². The SMILES string of the molecule is CC[C@@H](C)Nc1nc(-c2cc3ccccc3o2)cs1. The first-order valence-electron chi connectivity index (χ1n) is 6.47. The Bertz CT molecular complexity index is 653. The maximum absolute atomic E-state index is 5.82. The zero-order chi connectivity index (χ0) is 13.2. The Morgan fingerprint density at radius 3 is 3.00 bits per heavy atom. The van der Waals surface area contributed by atoms with Crippen LogP contribution in [0.1, 0.15) is 20.3 Å². The second kappa shape index (κ2) is 5.05. The minimum atomic E-state index is 0.440. The van der Waals surface area contributed by atoms with Crippen LogP contribution in [0, 0.1) is 0 Å². The van der Waals surface area contributed by atoms with Gasteiger partial charge in [0.1, 0.15) is 11.3 Å². The van der Waals surface area contributed by atoms with E-state index in [-0.39, 0.29) is 0 Å². The minimum absolute atomic E-state index is 0.440. The van der Waals surface area contributed by atoms with Crippen molar-refractivity contribution in [3.8, 4) is 11.5 Å². The van der Waals surface area contributed by atoms with Gasteiger partial charge in [0.25, 0.3) is 0 Å². The standard InChI is InChI=1S/C15H16N2OS/c1-3-10(2)16-15-17-12(9-19-15)14-8-11-6-4-5-7-13(11)18-14/h4-10H,3H2,1-2H3,(H,16,17)/t10-/m1/s1. The molecule has 2 heterocycles. The van der Waals surface area contributed by atoms with Gasteiger partial charge in [-0.1, -0.05) is 25.1 Å². The summed E-state index contributed by atoms with van der Waals surface area (Å²) in [6.07, 6.45) is 1.08. The number of nitrogens with zero attached hydrogens (tertiary/aromatic N) is 1. The lowest BCUT2D eigenvalue weighted by molar-refractivity contribution is 0.629. The monoisotopic (exact) mass is 272 g/mol. The molecule has 0 spiro atoms. The molecule has 0 unspecified atom stereocenters. The van der Waals surface area contributed by atoms with Crippen LogP contribution in [0.5, 0.6) is 0 Å². The predicted molar refractivity (Wildman–Crippen MR) is 80.7 cm³/mol. The van der Waals surface area contributed by atoms with E-state index in [9.17, 15) is 0 Å². The lowest BCUT2D eigenvalue weighted by Crippen LogP contribution is -2.12. The fraction of sp³-hybridized carbons (Fsp3) is 0.267. The normalized spacial score (nSPS) is 12.7. The van der Waals surface area contributed by atoms with Crippen molar-refractivity contribution in [1.29, 1.82) is 0 Å². The molecule has 98 valence electrons. The van der Waals surface area contributed by atoms with E-state index in [4.69, 9.17) is 4.42 Å². The maximum atomic E-state index is 5.82. The molecule has 0 fully saturated rings. The summed E-state index contributed by atoms with van der Waals surface area (Å²) in [5.41, 5.74) is 1.80. The van der Waals surface area contributed by atoms with E-state index in [2.05, 4.69) is 24.1 Å². The molecule has 3 aromatic rings. The van der Waals surface area contributed by atoms with E-state index in [0.29, 0.717) is 6.04 Å². The van der Waals surface area contributed by atoms with E-state index >= 15 is 0 Å². The first-order chi connectivity index (χ1) is 9.26. The minimum Gasteiger partial charge on any atom is -0.454 e. The Kier molecular flexibility index (Phi) is 3.25. The summed E-state index contributed by atoms with van der Waals surface area (Å²) in [6, 6.07) is 10.5. The Hall–Kier alpha value is -1.81. The number of anilines is 1. The molecule has 0 radical (unpaired) electrons. The second-order valence-electron chi connectivity index (χ2n) is 4.64. The third kappa shape index (κ3) is 2.49. The summed E-state index contributed by atoms with van der Waals surface area (Å²) in [4.78, 5) is 4.58. The molecule has 0 bridgehead atoms. The summed E-state index contributed by atoms with van der Waals surface area (Å²) in [5.74, 6) is 0.828. The zero-order valence-electron chi connectivity index (χ0n) is 11.0. The summed E-state index contributed by atoms with van der Waals surface area (Å²) < 4.78 is 5.82. The average molecular weight is 272 g/mol. The van der Waals surface area contributed by atoms with Gasteiger partial charge in [0.05, 0.1) is 0 Å². The Morgan fingerprint density at radius 2 is 2.21 bits per heavy atom. The van der Waals surface area contributed by atoms with Crippen molar-refractivity contribution in [3.63, 3.8) is 0 Å². The Balaban J connectivity index is 1.89. The van der Waals surface area contributed by atoms with Gasteiger partial charge in [0.15, 0.2) is 10.9 Å². The first-order valence-corrected chi connectivity index (χ1v) is 7.35. The van der Waals surface area contributed by atoms with Crippen LogP contribution < -0.4 is 5.32 Å². The van der Waals surface area contributed by atoms with Crippen LogP contribution >= 0.6 is 11.3 Å². The van der Waals surface area contributed by atoms with Gasteiger partial charge in [-0.05, 0) is 25.5 Å². The second-order valence-corrected chi connectivity index (χ2v) is 5.50. The zero-order valence-corrected chi connectivity index (χ0v) is 11.8. The lowest BCUT2D eigenvalue weighted by atomic mass is 10.2. The summed E-state index contributed by atoms with van der Waals surface area (Å²) >= 11 is 1.62. The molecule has 0 saturated carbocycles. The molecule has 0 saturated heterocycles. The smallest absolute Gasteiger partial charge is 0.183 e. The quantitative estimate of drug-likeness (QED) is 0.743. The molecule has 1 N–H and O–H groups in total. The number of hydrogen-bond acceptors (Lipinski definition) is 4. The van der Waals surface area contributed by atoms with Crippen LogP contribution in [-0.4, -0.2) is 11.0 Å². The van der Waals surface area contributed by atoms with Crippen LogP contribution in [0.4, 0.5) is 5.13 Å². The van der Waals surface area contributed by atoms with Crippen LogP contribution in [0.25, 0.3) is 22.4 Å². The number of hydrogen-bond donors (Lipinski definition) is 1. The van der Waals surface area contributed by atoms with Crippen LogP contribution in [-0.2, 0) is 0 Å². The van der Waals surface area contributed by atoms with Gasteiger partial charge in [-0.2, -0.15) is 0 Å². The number of thiazole rings is 1. The number of fused-ring (bicyclic) bond motifs is 1. The molecule has 2 aromatic heterocycles. The maximum Gasteiger partial charge on any atom is 0.183 e. The van der Waals surface area contributed by atoms with Crippen LogP contribution in [0.2, 0.25) is 0 Å². The van der Waals surface area contributed by atoms with Crippen molar-refractivity contribution < 1.29 is 4.42 Å². The van der Waals surface area contributed by atoms with Gasteiger partial charge in [-0.3, -0.25) is 0 Å². The molecular weight excluding hydrogens is 256 g/mol. The van der Waals surface area contributed by atoms with Gasteiger partial charge >= 0.3 is 0 Å². The van der Waals surface area contributed by atoms with Gasteiger partial charge in [-0.15, -0.1) is 11.3 Å². The van der Waals surface area contributed by atoms with Crippen molar-refractivity contribution in [2.45, 2.75) is 26.3 Å². The molecule has 0 aliphatic heterocycles. The van der Waals surface area contributed by atoms with Crippen molar-refractivity contribution in [2.24, 2.45) is 0 Å². The van der Waals surface area contributed by atoms with E-state index in [1.807, 2.05) is 35.7 Å². The van der Waals surface area contributed by atoms with Crippen LogP contribution in [0.3, 0.4) is 0 Å². The summed E-state index contributed by atoms with van der Waals surface area (Å²) in [7, 11) is 0. The molecule has 3 rings (SSSR count). The number of para-hydroxylation sites is 1. The lowest BCUT2D eigenvalue weighted by Gasteiger charge is -2.08. The molecule has 19 heavy (non-hydrogen) atoms. The van der Waals surface area contributed by atoms with Crippen molar-refractivity contribution in [3.05, 3.63) is 35.7 Å².